The Kier molecular flexibility index (Phi) is 7.57. The van der Waals surface area contributed by atoms with E-state index in [2.05, 4.69) is 21.1 Å². The number of carbonyl (C=O) groups excluding carboxylic acids is 2. The third kappa shape index (κ3) is 5.24. The summed E-state index contributed by atoms with van der Waals surface area (Å²) in [5, 5.41) is 9.14. The van der Waals surface area contributed by atoms with Crippen LogP contribution >= 0.6 is 24.4 Å². The molecule has 3 atom stereocenters. The number of allylic oxidation sites excluding steroid dienone is 2. The fourth-order valence-corrected chi connectivity index (χ4v) is 2.82. The van der Waals surface area contributed by atoms with Gasteiger partial charge in [0.1, 0.15) is 5.71 Å². The normalized spacial score (nSPS) is 22.0. The van der Waals surface area contributed by atoms with Crippen LogP contribution in [0.15, 0.2) is 34.5 Å². The molecule has 1 fully saturated rings. The molecule has 0 spiro atoms. The molecule has 156 valence electrons. The highest BCUT2D eigenvalue weighted by Gasteiger charge is 2.48. The number of imide groups is 1. The molecule has 0 radical (unpaired) electrons. The van der Waals surface area contributed by atoms with Crippen molar-refractivity contribution in [3.05, 3.63) is 24.3 Å². The second-order valence-electron chi connectivity index (χ2n) is 6.96. The maximum Gasteiger partial charge on any atom is 0.237 e. The molecule has 0 aromatic carbocycles. The van der Waals surface area contributed by atoms with Gasteiger partial charge in [-0.05, 0) is 31.4 Å². The van der Waals surface area contributed by atoms with Crippen LogP contribution in [0.4, 0.5) is 0 Å². The predicted octanol–water partition coefficient (Wildman–Crippen LogP) is 0.316. The molecule has 1 aliphatic carbocycles. The number of rotatable bonds is 5. The van der Waals surface area contributed by atoms with E-state index < -0.39 is 17.9 Å². The molecule has 2 aliphatic rings. The van der Waals surface area contributed by atoms with Gasteiger partial charge < -0.3 is 9.80 Å². The van der Waals surface area contributed by atoms with Crippen LogP contribution in [0.25, 0.3) is 0 Å². The Hall–Kier alpha value is -2.66. The number of hydrogen-bond donors (Lipinski definition) is 2. The summed E-state index contributed by atoms with van der Waals surface area (Å²) < 4.78 is 0. The molecule has 2 N–H and O–H groups in total. The van der Waals surface area contributed by atoms with E-state index in [0.717, 1.165) is 0 Å². The Bertz CT molecular complexity index is 787. The summed E-state index contributed by atoms with van der Waals surface area (Å²) in [4.78, 5) is 30.3. The van der Waals surface area contributed by atoms with Gasteiger partial charge in [-0.25, -0.2) is 0 Å². The quantitative estimate of drug-likeness (QED) is 0.276. The number of carbonyl (C=O) groups is 2. The van der Waals surface area contributed by atoms with Gasteiger partial charge in [-0.2, -0.15) is 10.2 Å². The maximum atomic E-state index is 12.8. The van der Waals surface area contributed by atoms with E-state index in [0.29, 0.717) is 15.9 Å². The van der Waals surface area contributed by atoms with Crippen LogP contribution in [0, 0.1) is 11.8 Å². The van der Waals surface area contributed by atoms with Crippen LogP contribution in [0.5, 0.6) is 0 Å². The van der Waals surface area contributed by atoms with Crippen molar-refractivity contribution in [1.29, 1.82) is 0 Å². The summed E-state index contributed by atoms with van der Waals surface area (Å²) in [6.45, 7) is 1.72. The number of nitrogens with one attached hydrogen (secondary N) is 2. The Labute approximate surface area is 181 Å². The van der Waals surface area contributed by atoms with Gasteiger partial charge in [-0.1, -0.05) is 24.3 Å². The average molecular weight is 436 g/mol. The number of likely N-dealkylation sites (tertiary alicyclic amines) is 1. The fourth-order valence-electron chi connectivity index (χ4n) is 2.72. The van der Waals surface area contributed by atoms with E-state index in [-0.39, 0.29) is 11.8 Å². The molecule has 2 rings (SSSR count). The fraction of sp³-hybridized carbons (Fsp3) is 0.444. The zero-order chi connectivity index (χ0) is 21.7. The molecule has 0 aromatic heterocycles. The zero-order valence-electron chi connectivity index (χ0n) is 17.0. The first kappa shape index (κ1) is 22.6. The second kappa shape index (κ2) is 9.70. The van der Waals surface area contributed by atoms with Crippen molar-refractivity contribution in [1.82, 2.24) is 25.6 Å². The SMILES string of the molecule is CC(C(/C=N/NC(=S)N(C)C)=N\NC(=S)N(C)C)N1C(=O)C2C=CC=CC2C1=O. The van der Waals surface area contributed by atoms with E-state index in [9.17, 15) is 9.59 Å². The van der Waals surface area contributed by atoms with Crippen molar-refractivity contribution >= 4 is 58.4 Å². The minimum Gasteiger partial charge on any atom is -0.354 e. The largest absolute Gasteiger partial charge is 0.354 e. The van der Waals surface area contributed by atoms with E-state index in [1.807, 2.05) is 0 Å². The van der Waals surface area contributed by atoms with Crippen LogP contribution in [-0.2, 0) is 9.59 Å². The molecule has 1 saturated heterocycles. The summed E-state index contributed by atoms with van der Waals surface area (Å²) in [6, 6.07) is -0.654. The molecule has 1 heterocycles. The highest BCUT2D eigenvalue weighted by Crippen LogP contribution is 2.32. The molecule has 1 aliphatic heterocycles. The third-order valence-corrected chi connectivity index (χ3v) is 5.36. The molecule has 0 saturated carbocycles. The lowest BCUT2D eigenvalue weighted by Crippen LogP contribution is -2.45. The lowest BCUT2D eigenvalue weighted by atomic mass is 9.91. The van der Waals surface area contributed by atoms with Crippen molar-refractivity contribution in [2.75, 3.05) is 28.2 Å². The van der Waals surface area contributed by atoms with E-state index in [1.165, 1.54) is 11.1 Å². The van der Waals surface area contributed by atoms with E-state index >= 15 is 0 Å². The topological polar surface area (TPSA) is 92.6 Å². The van der Waals surface area contributed by atoms with Gasteiger partial charge in [0.25, 0.3) is 0 Å². The first-order valence-corrected chi connectivity index (χ1v) is 9.74. The average Bonchev–Trinajstić information content (AvgIpc) is 2.94. The van der Waals surface area contributed by atoms with Crippen molar-refractivity contribution in [2.45, 2.75) is 13.0 Å². The molecular formula is C18H25N7O2S2. The first-order chi connectivity index (χ1) is 13.6. The molecule has 11 heteroatoms. The number of fused-ring (bicyclic) bond motifs is 1. The lowest BCUT2D eigenvalue weighted by Gasteiger charge is -2.23. The maximum absolute atomic E-state index is 12.8. The van der Waals surface area contributed by atoms with Gasteiger partial charge >= 0.3 is 0 Å². The predicted molar refractivity (Wildman–Crippen MR) is 121 cm³/mol. The number of thiocarbonyl (C=S) groups is 2. The van der Waals surface area contributed by atoms with Gasteiger partial charge in [-0.3, -0.25) is 25.3 Å². The Morgan fingerprint density at radius 2 is 1.52 bits per heavy atom. The van der Waals surface area contributed by atoms with Crippen molar-refractivity contribution < 1.29 is 9.59 Å². The van der Waals surface area contributed by atoms with Crippen LogP contribution in [-0.4, -0.2) is 82.9 Å². The zero-order valence-corrected chi connectivity index (χ0v) is 18.6. The highest BCUT2D eigenvalue weighted by atomic mass is 32.1. The standard InChI is InChI=1S/C18H25N7O2S2/c1-11(25-15(26)12-8-6-7-9-13(12)16(25)27)14(20-22-18(29)24(4)5)10-19-21-17(28)23(2)3/h6-13H,1-5H3,(H,21,28)(H,22,29)/b19-10+,20-14-. The first-order valence-electron chi connectivity index (χ1n) is 8.92. The van der Waals surface area contributed by atoms with E-state index in [1.54, 1.807) is 69.2 Å². The molecule has 2 amide bonds. The molecule has 9 nitrogen and oxygen atoms in total. The number of nitrogens with zero attached hydrogens (tertiary/aromatic N) is 5. The molecule has 0 bridgehead atoms. The van der Waals surface area contributed by atoms with Crippen LogP contribution in [0.2, 0.25) is 0 Å². The minimum absolute atomic E-state index is 0.263. The number of hydrazone groups is 2. The molecule has 29 heavy (non-hydrogen) atoms. The summed E-state index contributed by atoms with van der Waals surface area (Å²) in [5.74, 6) is -1.49. The highest BCUT2D eigenvalue weighted by molar-refractivity contribution is 7.80. The Balaban J connectivity index is 2.26. The molecule has 0 aromatic rings. The van der Waals surface area contributed by atoms with E-state index in [4.69, 9.17) is 24.4 Å². The smallest absolute Gasteiger partial charge is 0.237 e. The number of hydrogen-bond acceptors (Lipinski definition) is 6. The number of amides is 2. The summed E-state index contributed by atoms with van der Waals surface area (Å²) in [5.41, 5.74) is 5.79. The Morgan fingerprint density at radius 3 is 2.00 bits per heavy atom. The minimum atomic E-state index is -0.654. The van der Waals surface area contributed by atoms with Crippen molar-refractivity contribution in [3.8, 4) is 0 Å². The summed E-state index contributed by atoms with van der Waals surface area (Å²) >= 11 is 10.3. The van der Waals surface area contributed by atoms with Crippen LogP contribution < -0.4 is 10.9 Å². The van der Waals surface area contributed by atoms with Gasteiger partial charge in [0.05, 0.1) is 24.1 Å². The van der Waals surface area contributed by atoms with Gasteiger partial charge in [0.15, 0.2) is 10.2 Å². The van der Waals surface area contributed by atoms with Gasteiger partial charge in [0, 0.05) is 28.2 Å². The van der Waals surface area contributed by atoms with Gasteiger partial charge in [-0.15, -0.1) is 0 Å². The Morgan fingerprint density at radius 1 is 1.03 bits per heavy atom. The second-order valence-corrected chi connectivity index (χ2v) is 7.73. The molecular weight excluding hydrogens is 410 g/mol. The summed E-state index contributed by atoms with van der Waals surface area (Å²) in [7, 11) is 7.11. The van der Waals surface area contributed by atoms with Crippen molar-refractivity contribution in [3.63, 3.8) is 0 Å². The summed E-state index contributed by atoms with van der Waals surface area (Å²) in [6.07, 6.45) is 8.47. The van der Waals surface area contributed by atoms with Crippen LogP contribution in [0.1, 0.15) is 6.92 Å². The van der Waals surface area contributed by atoms with Crippen LogP contribution in [0.3, 0.4) is 0 Å². The molecule has 3 unspecified atom stereocenters. The third-order valence-electron chi connectivity index (χ3n) is 4.45. The van der Waals surface area contributed by atoms with Crippen molar-refractivity contribution in [2.24, 2.45) is 22.0 Å². The van der Waals surface area contributed by atoms with Gasteiger partial charge in [0.2, 0.25) is 11.8 Å². The lowest BCUT2D eigenvalue weighted by molar-refractivity contribution is -0.140. The monoisotopic (exact) mass is 435 g/mol.